The van der Waals surface area contributed by atoms with Gasteiger partial charge < -0.3 is 19.0 Å². The van der Waals surface area contributed by atoms with Gasteiger partial charge in [-0.3, -0.25) is 9.59 Å². The number of hydrogen-bond donors (Lipinski definition) is 0. The van der Waals surface area contributed by atoms with Crippen LogP contribution in [-0.4, -0.2) is 42.0 Å². The van der Waals surface area contributed by atoms with E-state index in [-0.39, 0.29) is 17.9 Å². The lowest BCUT2D eigenvalue weighted by Gasteiger charge is -2.27. The second-order valence-corrected chi connectivity index (χ2v) is 8.90. The first-order valence-electron chi connectivity index (χ1n) is 10.4. The van der Waals surface area contributed by atoms with Crippen molar-refractivity contribution in [1.29, 1.82) is 0 Å². The Balaban J connectivity index is 1.40. The average molecular weight is 406 g/mol. The number of benzene rings is 1. The van der Waals surface area contributed by atoms with E-state index in [0.29, 0.717) is 19.0 Å². The number of rotatable bonds is 5. The molecule has 2 saturated heterocycles. The minimum absolute atomic E-state index is 0.0331. The van der Waals surface area contributed by atoms with Crippen molar-refractivity contribution >= 4 is 17.5 Å². The summed E-state index contributed by atoms with van der Waals surface area (Å²) >= 11 is 0. The smallest absolute Gasteiger partial charge is 0.234 e. The van der Waals surface area contributed by atoms with Gasteiger partial charge in [-0.1, -0.05) is 38.1 Å². The largest absolute Gasteiger partial charge is 0.472 e. The highest BCUT2D eigenvalue weighted by Gasteiger charge is 2.67. The first kappa shape index (κ1) is 19.1. The van der Waals surface area contributed by atoms with Crippen LogP contribution < -0.4 is 4.90 Å². The summed E-state index contributed by atoms with van der Waals surface area (Å²) in [4.78, 5) is 30.2. The Morgan fingerprint density at radius 1 is 1.27 bits per heavy atom. The molecule has 0 aliphatic carbocycles. The summed E-state index contributed by atoms with van der Waals surface area (Å²) in [5.74, 6) is -0.658. The molecule has 2 bridgehead atoms. The van der Waals surface area contributed by atoms with E-state index in [1.165, 1.54) is 5.56 Å². The third kappa shape index (κ3) is 2.82. The second-order valence-electron chi connectivity index (χ2n) is 8.90. The molecule has 1 aromatic heterocycles. The molecule has 6 heteroatoms. The van der Waals surface area contributed by atoms with Crippen LogP contribution in [0.4, 0.5) is 5.69 Å². The number of furan rings is 1. The Morgan fingerprint density at radius 2 is 2.03 bits per heavy atom. The van der Waals surface area contributed by atoms with Crippen LogP contribution in [0.2, 0.25) is 0 Å². The van der Waals surface area contributed by atoms with E-state index in [0.717, 1.165) is 11.3 Å². The van der Waals surface area contributed by atoms with E-state index in [1.54, 1.807) is 29.4 Å². The number of carbonyl (C=O) groups excluding carboxylic acids is 2. The lowest BCUT2D eigenvalue weighted by molar-refractivity contribution is -0.139. The van der Waals surface area contributed by atoms with Gasteiger partial charge in [0.1, 0.15) is 5.60 Å². The molecule has 2 amide bonds. The van der Waals surface area contributed by atoms with E-state index >= 15 is 0 Å². The summed E-state index contributed by atoms with van der Waals surface area (Å²) in [7, 11) is 1.76. The van der Waals surface area contributed by atoms with Crippen LogP contribution in [0.1, 0.15) is 30.9 Å². The maximum atomic E-state index is 13.5. The summed E-state index contributed by atoms with van der Waals surface area (Å²) in [6, 6.07) is 9.95. The lowest BCUT2D eigenvalue weighted by Crippen LogP contribution is -2.44. The molecule has 2 fully saturated rings. The van der Waals surface area contributed by atoms with Crippen LogP contribution in [0.25, 0.3) is 0 Å². The third-order valence-corrected chi connectivity index (χ3v) is 6.63. The molecule has 1 spiro atoms. The second kappa shape index (κ2) is 6.84. The van der Waals surface area contributed by atoms with Crippen molar-refractivity contribution in [3.63, 3.8) is 0 Å². The molecule has 0 N–H and O–H groups in total. The molecule has 2 unspecified atom stereocenters. The van der Waals surface area contributed by atoms with Crippen molar-refractivity contribution in [1.82, 2.24) is 4.90 Å². The van der Waals surface area contributed by atoms with Crippen molar-refractivity contribution in [2.24, 2.45) is 11.8 Å². The Bertz CT molecular complexity index is 995. The Labute approximate surface area is 176 Å². The summed E-state index contributed by atoms with van der Waals surface area (Å²) in [5, 5.41) is 0. The van der Waals surface area contributed by atoms with Crippen molar-refractivity contribution in [2.45, 2.75) is 38.0 Å². The zero-order valence-electron chi connectivity index (χ0n) is 17.4. The SMILES string of the molecule is CC(C)c1ccc(N2C[C@@]34C=C[C@@H](O3)C(C(=O)N(C)Cc3ccoc3)C4C2=O)cc1. The van der Waals surface area contributed by atoms with Gasteiger partial charge in [0.2, 0.25) is 11.8 Å². The summed E-state index contributed by atoms with van der Waals surface area (Å²) < 4.78 is 11.4. The molecule has 3 aliphatic heterocycles. The highest BCUT2D eigenvalue weighted by Crippen LogP contribution is 2.53. The number of hydrogen-bond acceptors (Lipinski definition) is 4. The highest BCUT2D eigenvalue weighted by atomic mass is 16.5. The monoisotopic (exact) mass is 406 g/mol. The Morgan fingerprint density at radius 3 is 2.70 bits per heavy atom. The van der Waals surface area contributed by atoms with E-state index < -0.39 is 17.4 Å². The van der Waals surface area contributed by atoms with E-state index in [9.17, 15) is 9.59 Å². The number of carbonyl (C=O) groups is 2. The van der Waals surface area contributed by atoms with E-state index in [4.69, 9.17) is 9.15 Å². The third-order valence-electron chi connectivity index (χ3n) is 6.63. The van der Waals surface area contributed by atoms with Gasteiger partial charge in [-0.05, 0) is 29.7 Å². The number of ether oxygens (including phenoxy) is 1. The van der Waals surface area contributed by atoms with Gasteiger partial charge in [0, 0.05) is 24.8 Å². The predicted octanol–water partition coefficient (Wildman–Crippen LogP) is 3.35. The van der Waals surface area contributed by atoms with Crippen LogP contribution in [-0.2, 0) is 20.9 Å². The van der Waals surface area contributed by atoms with Crippen LogP contribution in [0.5, 0.6) is 0 Å². The quantitative estimate of drug-likeness (QED) is 0.715. The topological polar surface area (TPSA) is 63.0 Å². The standard InChI is InChI=1S/C24H26N2O4/c1-15(2)17-4-6-18(7-5-17)26-14-24-10-8-19(30-24)20(21(24)23(26)28)22(27)25(3)12-16-9-11-29-13-16/h4-11,13,15,19-21H,12,14H2,1-3H3/t19-,20?,21?,24-/m1/s1. The van der Waals surface area contributed by atoms with Crippen LogP contribution in [0, 0.1) is 11.8 Å². The van der Waals surface area contributed by atoms with Crippen LogP contribution >= 0.6 is 0 Å². The van der Waals surface area contributed by atoms with Gasteiger partial charge in [0.05, 0.1) is 37.0 Å². The molecular formula is C24H26N2O4. The van der Waals surface area contributed by atoms with Gasteiger partial charge in [0.15, 0.2) is 0 Å². The Hall–Kier alpha value is -2.86. The van der Waals surface area contributed by atoms with Crippen LogP contribution in [0.3, 0.4) is 0 Å². The number of anilines is 1. The average Bonchev–Trinajstić information content (AvgIpc) is 3.50. The number of fused-ring (bicyclic) bond motifs is 1. The van der Waals surface area contributed by atoms with E-state index in [1.807, 2.05) is 30.4 Å². The molecule has 4 atom stereocenters. The van der Waals surface area contributed by atoms with Crippen molar-refractivity contribution in [2.75, 3.05) is 18.5 Å². The molecular weight excluding hydrogens is 380 g/mol. The zero-order valence-corrected chi connectivity index (χ0v) is 17.4. The number of amides is 2. The lowest BCUT2D eigenvalue weighted by atomic mass is 9.76. The normalized spacial score (nSPS) is 29.1. The predicted molar refractivity (Wildman–Crippen MR) is 112 cm³/mol. The van der Waals surface area contributed by atoms with Gasteiger partial charge in [-0.25, -0.2) is 0 Å². The fraction of sp³-hybridized carbons (Fsp3) is 0.417. The molecule has 30 heavy (non-hydrogen) atoms. The molecule has 3 aliphatic rings. The molecule has 4 heterocycles. The van der Waals surface area contributed by atoms with Crippen LogP contribution in [0.15, 0.2) is 59.4 Å². The molecule has 0 saturated carbocycles. The Kier molecular flexibility index (Phi) is 4.36. The van der Waals surface area contributed by atoms with E-state index in [2.05, 4.69) is 26.0 Å². The number of nitrogens with zero attached hydrogens (tertiary/aromatic N) is 2. The summed E-state index contributed by atoms with van der Waals surface area (Å²) in [6.45, 7) is 5.18. The van der Waals surface area contributed by atoms with Gasteiger partial charge >= 0.3 is 0 Å². The highest BCUT2D eigenvalue weighted by molar-refractivity contribution is 6.03. The minimum atomic E-state index is -0.713. The molecule has 2 aromatic rings. The van der Waals surface area contributed by atoms with Gasteiger partial charge in [-0.15, -0.1) is 0 Å². The molecule has 1 aromatic carbocycles. The first-order valence-corrected chi connectivity index (χ1v) is 10.4. The molecule has 0 radical (unpaired) electrons. The van der Waals surface area contributed by atoms with Gasteiger partial charge in [0.25, 0.3) is 0 Å². The minimum Gasteiger partial charge on any atom is -0.472 e. The maximum absolute atomic E-state index is 13.5. The summed E-state index contributed by atoms with van der Waals surface area (Å²) in [5.41, 5.74) is 2.29. The fourth-order valence-corrected chi connectivity index (χ4v) is 5.03. The molecule has 5 rings (SSSR count). The van der Waals surface area contributed by atoms with Crippen molar-refractivity contribution in [3.8, 4) is 0 Å². The van der Waals surface area contributed by atoms with Gasteiger partial charge in [-0.2, -0.15) is 0 Å². The molecule has 6 nitrogen and oxygen atoms in total. The van der Waals surface area contributed by atoms with Crippen molar-refractivity contribution < 1.29 is 18.7 Å². The first-order chi connectivity index (χ1) is 14.4. The fourth-order valence-electron chi connectivity index (χ4n) is 5.03. The zero-order chi connectivity index (χ0) is 21.0. The maximum Gasteiger partial charge on any atom is 0.234 e. The van der Waals surface area contributed by atoms with Crippen molar-refractivity contribution in [3.05, 3.63) is 66.1 Å². The summed E-state index contributed by atoms with van der Waals surface area (Å²) in [6.07, 6.45) is 6.82. The molecule has 156 valence electrons.